The standard InChI is InChI=1S/C13H19NO2/c1-9(2)15-13-10(8-14)4-3-5-12(13)16-11-6-7-11/h3-5,9,11H,6-8,14H2,1-2H3. The van der Waals surface area contributed by atoms with E-state index >= 15 is 0 Å². The van der Waals surface area contributed by atoms with E-state index in [-0.39, 0.29) is 6.10 Å². The summed E-state index contributed by atoms with van der Waals surface area (Å²) in [5.41, 5.74) is 6.71. The molecule has 0 bridgehead atoms. The number of hydrogen-bond donors (Lipinski definition) is 1. The van der Waals surface area contributed by atoms with Crippen LogP contribution in [0.15, 0.2) is 18.2 Å². The topological polar surface area (TPSA) is 44.5 Å². The quantitative estimate of drug-likeness (QED) is 0.830. The monoisotopic (exact) mass is 221 g/mol. The van der Waals surface area contributed by atoms with Crippen molar-refractivity contribution in [2.24, 2.45) is 5.73 Å². The van der Waals surface area contributed by atoms with Crippen molar-refractivity contribution in [3.63, 3.8) is 0 Å². The Balaban J connectivity index is 2.25. The maximum atomic E-state index is 5.82. The largest absolute Gasteiger partial charge is 0.487 e. The van der Waals surface area contributed by atoms with E-state index in [2.05, 4.69) is 0 Å². The number of rotatable bonds is 5. The Morgan fingerprint density at radius 1 is 1.38 bits per heavy atom. The van der Waals surface area contributed by atoms with Gasteiger partial charge in [-0.05, 0) is 32.8 Å². The van der Waals surface area contributed by atoms with Crippen LogP contribution in [0.2, 0.25) is 0 Å². The highest BCUT2D eigenvalue weighted by Gasteiger charge is 2.25. The Bertz CT molecular complexity index is 359. The van der Waals surface area contributed by atoms with Gasteiger partial charge in [0.15, 0.2) is 11.5 Å². The molecular formula is C13H19NO2. The van der Waals surface area contributed by atoms with Crippen LogP contribution in [0.25, 0.3) is 0 Å². The molecule has 0 aromatic heterocycles. The molecule has 1 fully saturated rings. The second-order valence-electron chi connectivity index (χ2n) is 4.43. The first kappa shape index (κ1) is 11.3. The van der Waals surface area contributed by atoms with Crippen molar-refractivity contribution in [3.05, 3.63) is 23.8 Å². The van der Waals surface area contributed by atoms with E-state index < -0.39 is 0 Å². The van der Waals surface area contributed by atoms with Gasteiger partial charge in [0.25, 0.3) is 0 Å². The number of hydrogen-bond acceptors (Lipinski definition) is 3. The first-order valence-corrected chi connectivity index (χ1v) is 5.86. The lowest BCUT2D eigenvalue weighted by atomic mass is 10.2. The normalized spacial score (nSPS) is 15.2. The average molecular weight is 221 g/mol. The summed E-state index contributed by atoms with van der Waals surface area (Å²) < 4.78 is 11.6. The second-order valence-corrected chi connectivity index (χ2v) is 4.43. The third-order valence-electron chi connectivity index (χ3n) is 2.45. The average Bonchev–Trinajstić information content (AvgIpc) is 3.04. The summed E-state index contributed by atoms with van der Waals surface area (Å²) in [4.78, 5) is 0. The Morgan fingerprint density at radius 2 is 2.12 bits per heavy atom. The number of ether oxygens (including phenoxy) is 2. The molecule has 0 saturated heterocycles. The lowest BCUT2D eigenvalue weighted by Crippen LogP contribution is -2.11. The lowest BCUT2D eigenvalue weighted by Gasteiger charge is -2.17. The molecule has 1 aliphatic rings. The molecule has 0 aliphatic heterocycles. The van der Waals surface area contributed by atoms with Gasteiger partial charge >= 0.3 is 0 Å². The molecule has 0 atom stereocenters. The summed E-state index contributed by atoms with van der Waals surface area (Å²) in [5, 5.41) is 0. The van der Waals surface area contributed by atoms with Gasteiger partial charge in [0.05, 0.1) is 12.2 Å². The zero-order valence-corrected chi connectivity index (χ0v) is 9.90. The van der Waals surface area contributed by atoms with E-state index in [1.807, 2.05) is 32.0 Å². The van der Waals surface area contributed by atoms with Crippen molar-refractivity contribution in [1.82, 2.24) is 0 Å². The Labute approximate surface area is 96.5 Å². The van der Waals surface area contributed by atoms with E-state index in [1.165, 1.54) is 0 Å². The van der Waals surface area contributed by atoms with Crippen LogP contribution in [0.4, 0.5) is 0 Å². The summed E-state index contributed by atoms with van der Waals surface area (Å²) >= 11 is 0. The van der Waals surface area contributed by atoms with E-state index in [4.69, 9.17) is 15.2 Å². The van der Waals surface area contributed by atoms with Crippen molar-refractivity contribution < 1.29 is 9.47 Å². The van der Waals surface area contributed by atoms with Crippen LogP contribution in [0, 0.1) is 0 Å². The van der Waals surface area contributed by atoms with Gasteiger partial charge in [0.1, 0.15) is 0 Å². The lowest BCUT2D eigenvalue weighted by molar-refractivity contribution is 0.215. The summed E-state index contributed by atoms with van der Waals surface area (Å²) in [6.07, 6.45) is 2.80. The Morgan fingerprint density at radius 3 is 2.69 bits per heavy atom. The third kappa shape index (κ3) is 2.67. The fourth-order valence-electron chi connectivity index (χ4n) is 1.55. The molecule has 0 amide bonds. The van der Waals surface area contributed by atoms with Gasteiger partial charge in [-0.15, -0.1) is 0 Å². The van der Waals surface area contributed by atoms with Gasteiger partial charge in [0.2, 0.25) is 0 Å². The van der Waals surface area contributed by atoms with Crippen molar-refractivity contribution >= 4 is 0 Å². The zero-order chi connectivity index (χ0) is 11.5. The van der Waals surface area contributed by atoms with Gasteiger partial charge < -0.3 is 15.2 Å². The van der Waals surface area contributed by atoms with E-state index in [0.29, 0.717) is 12.6 Å². The molecule has 88 valence electrons. The molecule has 0 radical (unpaired) electrons. The van der Waals surface area contributed by atoms with Gasteiger partial charge in [-0.2, -0.15) is 0 Å². The predicted molar refractivity (Wildman–Crippen MR) is 63.7 cm³/mol. The molecule has 1 aromatic carbocycles. The van der Waals surface area contributed by atoms with Crippen LogP contribution >= 0.6 is 0 Å². The van der Waals surface area contributed by atoms with Crippen molar-refractivity contribution in [1.29, 1.82) is 0 Å². The molecule has 16 heavy (non-hydrogen) atoms. The molecule has 3 nitrogen and oxygen atoms in total. The van der Waals surface area contributed by atoms with Gasteiger partial charge in [-0.25, -0.2) is 0 Å². The van der Waals surface area contributed by atoms with Crippen molar-refractivity contribution in [3.8, 4) is 11.5 Å². The summed E-state index contributed by atoms with van der Waals surface area (Å²) in [6, 6.07) is 5.90. The summed E-state index contributed by atoms with van der Waals surface area (Å²) in [7, 11) is 0. The Kier molecular flexibility index (Phi) is 3.34. The highest BCUT2D eigenvalue weighted by molar-refractivity contribution is 5.47. The van der Waals surface area contributed by atoms with E-state index in [9.17, 15) is 0 Å². The Hall–Kier alpha value is -1.22. The molecule has 3 heteroatoms. The molecule has 0 unspecified atom stereocenters. The first-order valence-electron chi connectivity index (χ1n) is 5.86. The predicted octanol–water partition coefficient (Wildman–Crippen LogP) is 2.47. The van der Waals surface area contributed by atoms with Crippen LogP contribution in [0.3, 0.4) is 0 Å². The van der Waals surface area contributed by atoms with E-state index in [1.54, 1.807) is 0 Å². The molecule has 1 aliphatic carbocycles. The van der Waals surface area contributed by atoms with Gasteiger partial charge in [-0.1, -0.05) is 12.1 Å². The van der Waals surface area contributed by atoms with Crippen LogP contribution in [-0.2, 0) is 6.54 Å². The van der Waals surface area contributed by atoms with Crippen LogP contribution in [-0.4, -0.2) is 12.2 Å². The second kappa shape index (κ2) is 4.74. The molecule has 2 N–H and O–H groups in total. The number of nitrogens with two attached hydrogens (primary N) is 1. The highest BCUT2D eigenvalue weighted by Crippen LogP contribution is 2.36. The fraction of sp³-hybridized carbons (Fsp3) is 0.538. The van der Waals surface area contributed by atoms with Crippen LogP contribution in [0.1, 0.15) is 32.3 Å². The molecule has 0 spiro atoms. The highest BCUT2D eigenvalue weighted by atomic mass is 16.5. The van der Waals surface area contributed by atoms with Crippen molar-refractivity contribution in [2.45, 2.75) is 45.4 Å². The smallest absolute Gasteiger partial charge is 0.166 e. The van der Waals surface area contributed by atoms with Gasteiger partial charge in [-0.3, -0.25) is 0 Å². The van der Waals surface area contributed by atoms with Crippen LogP contribution < -0.4 is 15.2 Å². The molecule has 1 aromatic rings. The summed E-state index contributed by atoms with van der Waals surface area (Å²) in [5.74, 6) is 1.64. The first-order chi connectivity index (χ1) is 7.70. The fourth-order valence-corrected chi connectivity index (χ4v) is 1.55. The molecule has 2 rings (SSSR count). The van der Waals surface area contributed by atoms with Crippen molar-refractivity contribution in [2.75, 3.05) is 0 Å². The maximum absolute atomic E-state index is 5.82. The minimum Gasteiger partial charge on any atom is -0.487 e. The minimum absolute atomic E-state index is 0.134. The summed E-state index contributed by atoms with van der Waals surface area (Å²) in [6.45, 7) is 4.49. The maximum Gasteiger partial charge on any atom is 0.166 e. The SMILES string of the molecule is CC(C)Oc1c(CN)cccc1OC1CC1. The third-order valence-corrected chi connectivity index (χ3v) is 2.45. The minimum atomic E-state index is 0.134. The zero-order valence-electron chi connectivity index (χ0n) is 9.90. The van der Waals surface area contributed by atoms with Crippen LogP contribution in [0.5, 0.6) is 11.5 Å². The molecule has 0 heterocycles. The number of benzene rings is 1. The van der Waals surface area contributed by atoms with E-state index in [0.717, 1.165) is 29.9 Å². The number of para-hydroxylation sites is 1. The molecule has 1 saturated carbocycles. The molecular weight excluding hydrogens is 202 g/mol. The van der Waals surface area contributed by atoms with Gasteiger partial charge in [0, 0.05) is 12.1 Å².